The third-order valence-electron chi connectivity index (χ3n) is 11.5. The van der Waals surface area contributed by atoms with Gasteiger partial charge in [0.2, 0.25) is 0 Å². The summed E-state index contributed by atoms with van der Waals surface area (Å²) in [6, 6.07) is 66.2. The number of nitriles is 1. The number of benzene rings is 8. The lowest BCUT2D eigenvalue weighted by Gasteiger charge is -2.11. The van der Waals surface area contributed by atoms with Crippen LogP contribution in [0.25, 0.3) is 106 Å². The Kier molecular flexibility index (Phi) is 10.6. The summed E-state index contributed by atoms with van der Waals surface area (Å²) in [4.78, 5) is 15.4. The molecule has 0 atom stereocenters. The molecule has 10 aromatic rings. The van der Waals surface area contributed by atoms with Crippen LogP contribution in [0.5, 0.6) is 0 Å². The summed E-state index contributed by atoms with van der Waals surface area (Å²) >= 11 is 0. The fourth-order valence-electron chi connectivity index (χ4n) is 8.17. The molecule has 5 heteroatoms. The lowest BCUT2D eigenvalue weighted by atomic mass is 9.96. The van der Waals surface area contributed by atoms with Gasteiger partial charge in [-0.3, -0.25) is 0 Å². The van der Waals surface area contributed by atoms with Gasteiger partial charge in [0.15, 0.2) is 17.5 Å². The molecule has 10 rings (SSSR count). The zero-order valence-corrected chi connectivity index (χ0v) is 34.9. The first-order valence-corrected chi connectivity index (χ1v) is 21.0. The van der Waals surface area contributed by atoms with Gasteiger partial charge in [0.1, 0.15) is 11.2 Å². The molecule has 0 N–H and O–H groups in total. The first-order valence-electron chi connectivity index (χ1n) is 21.0. The number of hydrogen-bond donors (Lipinski definition) is 0. The zero-order chi connectivity index (χ0) is 43.4. The van der Waals surface area contributed by atoms with Gasteiger partial charge >= 0.3 is 0 Å². The first kappa shape index (κ1) is 39.2. The van der Waals surface area contributed by atoms with Gasteiger partial charge in [-0.15, -0.1) is 6.42 Å². The highest BCUT2D eigenvalue weighted by atomic mass is 16.3. The molecule has 300 valence electrons. The molecule has 0 radical (unpaired) electrons. The Morgan fingerprint density at radius 3 is 1.70 bits per heavy atom. The number of aromatic nitrogens is 3. The van der Waals surface area contributed by atoms with Crippen LogP contribution < -0.4 is 0 Å². The molecular weight excluding hydrogens is 781 g/mol. The Morgan fingerprint density at radius 1 is 0.500 bits per heavy atom. The minimum absolute atomic E-state index is 0.518. The van der Waals surface area contributed by atoms with E-state index in [4.69, 9.17) is 25.8 Å². The van der Waals surface area contributed by atoms with Crippen molar-refractivity contribution in [3.8, 4) is 97.1 Å². The third kappa shape index (κ3) is 7.90. The van der Waals surface area contributed by atoms with E-state index >= 15 is 0 Å². The summed E-state index contributed by atoms with van der Waals surface area (Å²) in [5, 5.41) is 11.7. The van der Waals surface area contributed by atoms with E-state index < -0.39 is 0 Å². The van der Waals surface area contributed by atoms with E-state index in [1.54, 1.807) is 6.08 Å². The molecule has 0 amide bonds. The van der Waals surface area contributed by atoms with Gasteiger partial charge in [0.25, 0.3) is 0 Å². The van der Waals surface area contributed by atoms with Crippen molar-refractivity contribution >= 4 is 27.5 Å². The number of furan rings is 1. The summed E-state index contributed by atoms with van der Waals surface area (Å²) in [6.07, 6.45) is 11.0. The number of rotatable bonds is 9. The standard InChI is InChI=1S/C59H38N4O/c1-3-4-6-14-39(2)44-18-10-20-46(34-44)48-22-12-24-50(36-48)58-61-57(49-23-11-21-47(35-49)45-19-9-15-40(33-45)38-60)62-59(63-58)51-31-32-53-55(37-51)64-54-26-13-25-52(56(53)54)43-29-27-42(28-30-43)41-16-7-5-8-17-41/h1,4-37H,2H3/b6-4-,39-14+. The zero-order valence-electron chi connectivity index (χ0n) is 34.9. The van der Waals surface area contributed by atoms with E-state index in [0.717, 1.165) is 83.1 Å². The van der Waals surface area contributed by atoms with E-state index in [2.05, 4.69) is 128 Å². The first-order chi connectivity index (χ1) is 31.5. The number of hydrogen-bond acceptors (Lipinski definition) is 5. The van der Waals surface area contributed by atoms with E-state index in [1.165, 1.54) is 11.1 Å². The lowest BCUT2D eigenvalue weighted by Crippen LogP contribution is -2.00. The summed E-state index contributed by atoms with van der Waals surface area (Å²) < 4.78 is 6.59. The van der Waals surface area contributed by atoms with E-state index in [-0.39, 0.29) is 0 Å². The highest BCUT2D eigenvalue weighted by Gasteiger charge is 2.18. The van der Waals surface area contributed by atoms with Crippen LogP contribution in [0.4, 0.5) is 0 Å². The van der Waals surface area contributed by atoms with Gasteiger partial charge in [0, 0.05) is 27.5 Å². The molecule has 0 unspecified atom stereocenters. The molecule has 0 bridgehead atoms. The van der Waals surface area contributed by atoms with Gasteiger partial charge < -0.3 is 4.42 Å². The van der Waals surface area contributed by atoms with Crippen molar-refractivity contribution in [2.45, 2.75) is 6.92 Å². The average molecular weight is 819 g/mol. The summed E-state index contributed by atoms with van der Waals surface area (Å²) in [5.74, 6) is 4.13. The summed E-state index contributed by atoms with van der Waals surface area (Å²) in [6.45, 7) is 2.08. The number of allylic oxidation sites excluding steroid dienone is 4. The average Bonchev–Trinajstić information content (AvgIpc) is 3.75. The molecule has 64 heavy (non-hydrogen) atoms. The fourth-order valence-corrected chi connectivity index (χ4v) is 8.17. The predicted octanol–water partition coefficient (Wildman–Crippen LogP) is 14.9. The Hall–Kier alpha value is -8.90. The van der Waals surface area contributed by atoms with E-state index in [1.807, 2.05) is 91.0 Å². The van der Waals surface area contributed by atoms with Gasteiger partial charge in [-0.1, -0.05) is 158 Å². The van der Waals surface area contributed by atoms with E-state index in [9.17, 15) is 5.26 Å². The monoisotopic (exact) mass is 818 g/mol. The Balaban J connectivity index is 1.08. The molecule has 0 aliphatic carbocycles. The van der Waals surface area contributed by atoms with Crippen molar-refractivity contribution in [2.75, 3.05) is 0 Å². The van der Waals surface area contributed by atoms with Crippen LogP contribution in [0, 0.1) is 23.7 Å². The molecule has 0 fully saturated rings. The Bertz CT molecular complexity index is 3530. The number of terminal acetylenes is 1. The smallest absolute Gasteiger partial charge is 0.164 e. The second-order valence-corrected chi connectivity index (χ2v) is 15.6. The molecule has 2 heterocycles. The van der Waals surface area contributed by atoms with Crippen molar-refractivity contribution < 1.29 is 4.42 Å². The maximum atomic E-state index is 9.61. The lowest BCUT2D eigenvalue weighted by molar-refractivity contribution is 0.669. The molecule has 5 nitrogen and oxygen atoms in total. The second kappa shape index (κ2) is 17.2. The molecule has 0 spiro atoms. The van der Waals surface area contributed by atoms with Crippen LogP contribution in [-0.4, -0.2) is 15.0 Å². The van der Waals surface area contributed by atoms with Crippen molar-refractivity contribution in [3.05, 3.63) is 217 Å². The predicted molar refractivity (Wildman–Crippen MR) is 261 cm³/mol. The SMILES string of the molecule is C#C/C=C\C=C(/C)c1cccc(-c2cccc(-c3nc(-c4cccc(-c5cccc(C#N)c5)c4)nc(-c4ccc5c(c4)oc4cccc(-c6ccc(-c7ccccc7)cc6)c45)n3)c2)c1. The molecule has 0 saturated heterocycles. The second-order valence-electron chi connectivity index (χ2n) is 15.6. The molecule has 8 aromatic carbocycles. The van der Waals surface area contributed by atoms with Crippen LogP contribution in [-0.2, 0) is 0 Å². The fraction of sp³-hybridized carbons (Fsp3) is 0.0169. The number of fused-ring (bicyclic) bond motifs is 3. The van der Waals surface area contributed by atoms with Crippen molar-refractivity contribution in [1.29, 1.82) is 5.26 Å². The van der Waals surface area contributed by atoms with Crippen LogP contribution in [0.2, 0.25) is 0 Å². The van der Waals surface area contributed by atoms with Crippen LogP contribution in [0.15, 0.2) is 211 Å². The largest absolute Gasteiger partial charge is 0.456 e. The maximum Gasteiger partial charge on any atom is 0.164 e. The molecular formula is C59H38N4O. The molecule has 0 aliphatic heterocycles. The van der Waals surface area contributed by atoms with Crippen molar-refractivity contribution in [1.82, 2.24) is 15.0 Å². The molecule has 2 aromatic heterocycles. The Morgan fingerprint density at radius 2 is 1.03 bits per heavy atom. The van der Waals surface area contributed by atoms with Crippen molar-refractivity contribution in [3.63, 3.8) is 0 Å². The summed E-state index contributed by atoms with van der Waals surface area (Å²) in [7, 11) is 0. The molecule has 0 aliphatic rings. The minimum atomic E-state index is 0.518. The summed E-state index contributed by atoms with van der Waals surface area (Å²) in [5.41, 5.74) is 15.4. The quantitative estimate of drug-likeness (QED) is 0.107. The van der Waals surface area contributed by atoms with Gasteiger partial charge in [0.05, 0.1) is 11.6 Å². The van der Waals surface area contributed by atoms with E-state index in [0.29, 0.717) is 23.0 Å². The maximum absolute atomic E-state index is 9.61. The number of nitrogens with zero attached hydrogens (tertiary/aromatic N) is 4. The van der Waals surface area contributed by atoms with Crippen LogP contribution >= 0.6 is 0 Å². The normalized spacial score (nSPS) is 11.5. The van der Waals surface area contributed by atoms with Crippen LogP contribution in [0.1, 0.15) is 18.1 Å². The van der Waals surface area contributed by atoms with Crippen LogP contribution in [0.3, 0.4) is 0 Å². The molecule has 0 saturated carbocycles. The topological polar surface area (TPSA) is 75.6 Å². The Labute approximate surface area is 372 Å². The highest BCUT2D eigenvalue weighted by Crippen LogP contribution is 2.39. The van der Waals surface area contributed by atoms with Gasteiger partial charge in [-0.25, -0.2) is 15.0 Å². The highest BCUT2D eigenvalue weighted by molar-refractivity contribution is 6.13. The third-order valence-corrected chi connectivity index (χ3v) is 11.5. The van der Waals surface area contributed by atoms with Gasteiger partial charge in [-0.2, -0.15) is 5.26 Å². The van der Waals surface area contributed by atoms with Gasteiger partial charge in [-0.05, 0) is 117 Å². The van der Waals surface area contributed by atoms with Crippen molar-refractivity contribution in [2.24, 2.45) is 0 Å². The minimum Gasteiger partial charge on any atom is -0.456 e.